The summed E-state index contributed by atoms with van der Waals surface area (Å²) in [7, 11) is 1.47. The van der Waals surface area contributed by atoms with Crippen LogP contribution >= 0.6 is 0 Å². The first-order valence-corrected chi connectivity index (χ1v) is 4.77. The standard InChI is InChI=1S/C11H11N3O3/c1-17-10-6-8(3-2-4-13-14-12)5-9(7-10)11(15)16/h2-3,5-7H,4H2,1H3,(H,15,16). The number of hydrogen-bond donors (Lipinski definition) is 1. The molecule has 0 aliphatic carbocycles. The molecule has 0 aliphatic heterocycles. The van der Waals surface area contributed by atoms with E-state index in [-0.39, 0.29) is 12.1 Å². The van der Waals surface area contributed by atoms with Gasteiger partial charge in [0.25, 0.3) is 0 Å². The monoisotopic (exact) mass is 233 g/mol. The normalized spacial score (nSPS) is 9.94. The number of carbonyl (C=O) groups is 1. The minimum atomic E-state index is -1.02. The third kappa shape index (κ3) is 3.89. The Morgan fingerprint density at radius 3 is 2.94 bits per heavy atom. The SMILES string of the molecule is COc1cc(C=CCN=[N+]=[N-])cc(C(=O)O)c1. The second-order valence-electron chi connectivity index (χ2n) is 3.12. The summed E-state index contributed by atoms with van der Waals surface area (Å²) in [6.07, 6.45) is 3.31. The molecular formula is C11H11N3O3. The second-order valence-corrected chi connectivity index (χ2v) is 3.12. The number of methoxy groups -OCH3 is 1. The van der Waals surface area contributed by atoms with Gasteiger partial charge in [-0.05, 0) is 29.3 Å². The Kier molecular flexibility index (Phi) is 4.59. The maximum absolute atomic E-state index is 10.9. The van der Waals surface area contributed by atoms with Crippen molar-refractivity contribution in [1.29, 1.82) is 0 Å². The van der Waals surface area contributed by atoms with Crippen LogP contribution in [0, 0.1) is 0 Å². The summed E-state index contributed by atoms with van der Waals surface area (Å²) >= 11 is 0. The Labute approximate surface area is 97.8 Å². The van der Waals surface area contributed by atoms with Crippen molar-refractivity contribution in [2.45, 2.75) is 0 Å². The van der Waals surface area contributed by atoms with Crippen LogP contribution in [-0.4, -0.2) is 24.7 Å². The zero-order valence-electron chi connectivity index (χ0n) is 9.20. The van der Waals surface area contributed by atoms with Gasteiger partial charge in [-0.15, -0.1) is 0 Å². The Bertz CT molecular complexity index is 491. The third-order valence-electron chi connectivity index (χ3n) is 1.97. The number of nitrogens with zero attached hydrogens (tertiary/aromatic N) is 3. The van der Waals surface area contributed by atoms with Crippen LogP contribution in [0.15, 0.2) is 29.4 Å². The van der Waals surface area contributed by atoms with Crippen molar-refractivity contribution in [3.63, 3.8) is 0 Å². The molecule has 1 rings (SSSR count). The van der Waals surface area contributed by atoms with E-state index in [2.05, 4.69) is 10.0 Å². The fourth-order valence-electron chi connectivity index (χ4n) is 1.23. The van der Waals surface area contributed by atoms with Crippen LogP contribution in [0.1, 0.15) is 15.9 Å². The topological polar surface area (TPSA) is 95.3 Å². The van der Waals surface area contributed by atoms with Crippen LogP contribution < -0.4 is 4.74 Å². The summed E-state index contributed by atoms with van der Waals surface area (Å²) < 4.78 is 4.99. The Hall–Kier alpha value is -2.46. The molecule has 0 spiro atoms. The Morgan fingerprint density at radius 2 is 2.35 bits per heavy atom. The number of aromatic carboxylic acids is 1. The first-order valence-electron chi connectivity index (χ1n) is 4.77. The first-order chi connectivity index (χ1) is 8.17. The van der Waals surface area contributed by atoms with E-state index < -0.39 is 5.97 Å². The summed E-state index contributed by atoms with van der Waals surface area (Å²) in [6.45, 7) is 0.218. The van der Waals surface area contributed by atoms with Crippen LogP contribution in [0.2, 0.25) is 0 Å². The molecule has 1 aromatic rings. The lowest BCUT2D eigenvalue weighted by molar-refractivity contribution is 0.0696. The van der Waals surface area contributed by atoms with E-state index in [0.717, 1.165) is 0 Å². The van der Waals surface area contributed by atoms with Gasteiger partial charge in [-0.2, -0.15) is 0 Å². The fraction of sp³-hybridized carbons (Fsp3) is 0.182. The van der Waals surface area contributed by atoms with Crippen LogP contribution in [0.4, 0.5) is 0 Å². The van der Waals surface area contributed by atoms with Gasteiger partial charge in [-0.3, -0.25) is 0 Å². The number of azide groups is 1. The fourth-order valence-corrected chi connectivity index (χ4v) is 1.23. The molecule has 0 atom stereocenters. The molecule has 0 aliphatic rings. The molecule has 0 amide bonds. The van der Waals surface area contributed by atoms with E-state index in [1.165, 1.54) is 19.2 Å². The lowest BCUT2D eigenvalue weighted by atomic mass is 10.1. The van der Waals surface area contributed by atoms with Crippen LogP contribution in [0.5, 0.6) is 5.75 Å². The minimum absolute atomic E-state index is 0.146. The Morgan fingerprint density at radius 1 is 1.59 bits per heavy atom. The van der Waals surface area contributed by atoms with Gasteiger partial charge in [0.1, 0.15) is 5.75 Å². The number of ether oxygens (including phenoxy) is 1. The lowest BCUT2D eigenvalue weighted by Crippen LogP contribution is -1.97. The maximum atomic E-state index is 10.9. The van der Waals surface area contributed by atoms with Crippen molar-refractivity contribution in [2.24, 2.45) is 5.11 Å². The van der Waals surface area contributed by atoms with Gasteiger partial charge in [0, 0.05) is 11.5 Å². The highest BCUT2D eigenvalue weighted by Gasteiger charge is 2.05. The van der Waals surface area contributed by atoms with E-state index in [4.69, 9.17) is 15.4 Å². The van der Waals surface area contributed by atoms with Crippen molar-refractivity contribution in [3.05, 3.63) is 45.8 Å². The molecule has 1 N–H and O–H groups in total. The Balaban J connectivity index is 2.98. The molecule has 0 heterocycles. The third-order valence-corrected chi connectivity index (χ3v) is 1.97. The summed E-state index contributed by atoms with van der Waals surface area (Å²) in [5, 5.41) is 12.2. The quantitative estimate of drug-likeness (QED) is 0.481. The zero-order valence-corrected chi connectivity index (χ0v) is 9.20. The highest BCUT2D eigenvalue weighted by Crippen LogP contribution is 2.18. The number of carboxylic acids is 1. The molecule has 17 heavy (non-hydrogen) atoms. The molecule has 0 saturated heterocycles. The van der Waals surface area contributed by atoms with E-state index in [9.17, 15) is 4.79 Å². The summed E-state index contributed by atoms with van der Waals surface area (Å²) in [4.78, 5) is 13.5. The predicted octanol–water partition coefficient (Wildman–Crippen LogP) is 2.72. The second kappa shape index (κ2) is 6.19. The van der Waals surface area contributed by atoms with Crippen molar-refractivity contribution in [3.8, 4) is 5.75 Å². The summed E-state index contributed by atoms with van der Waals surface area (Å²) in [5.41, 5.74) is 8.91. The van der Waals surface area contributed by atoms with E-state index >= 15 is 0 Å². The van der Waals surface area contributed by atoms with Crippen molar-refractivity contribution >= 4 is 12.0 Å². The molecule has 0 bridgehead atoms. The molecule has 1 aromatic carbocycles. The van der Waals surface area contributed by atoms with Gasteiger partial charge < -0.3 is 9.84 Å². The largest absolute Gasteiger partial charge is 0.497 e. The molecule has 0 fully saturated rings. The maximum Gasteiger partial charge on any atom is 0.335 e. The van der Waals surface area contributed by atoms with Gasteiger partial charge in [-0.25, -0.2) is 4.79 Å². The zero-order chi connectivity index (χ0) is 12.7. The summed E-state index contributed by atoms with van der Waals surface area (Å²) in [5.74, 6) is -0.554. The predicted molar refractivity (Wildman–Crippen MR) is 63.0 cm³/mol. The van der Waals surface area contributed by atoms with Crippen molar-refractivity contribution < 1.29 is 14.6 Å². The van der Waals surface area contributed by atoms with E-state index in [1.807, 2.05) is 0 Å². The molecule has 88 valence electrons. The van der Waals surface area contributed by atoms with E-state index in [0.29, 0.717) is 11.3 Å². The van der Waals surface area contributed by atoms with Crippen LogP contribution in [0.3, 0.4) is 0 Å². The molecule has 0 saturated carbocycles. The molecule has 0 aromatic heterocycles. The van der Waals surface area contributed by atoms with Gasteiger partial charge in [-0.1, -0.05) is 17.3 Å². The molecule has 6 nitrogen and oxygen atoms in total. The van der Waals surface area contributed by atoms with Gasteiger partial charge >= 0.3 is 5.97 Å². The van der Waals surface area contributed by atoms with Gasteiger partial charge in [0.05, 0.1) is 12.7 Å². The lowest BCUT2D eigenvalue weighted by Gasteiger charge is -2.03. The van der Waals surface area contributed by atoms with Gasteiger partial charge in [0.2, 0.25) is 0 Å². The number of benzene rings is 1. The highest BCUT2D eigenvalue weighted by molar-refractivity contribution is 5.89. The van der Waals surface area contributed by atoms with E-state index in [1.54, 1.807) is 18.2 Å². The molecule has 0 unspecified atom stereocenters. The van der Waals surface area contributed by atoms with Gasteiger partial charge in [0.15, 0.2) is 0 Å². The average Bonchev–Trinajstić information content (AvgIpc) is 2.34. The van der Waals surface area contributed by atoms with Crippen molar-refractivity contribution in [2.75, 3.05) is 13.7 Å². The summed E-state index contributed by atoms with van der Waals surface area (Å²) in [6, 6.07) is 4.64. The van der Waals surface area contributed by atoms with Crippen molar-refractivity contribution in [1.82, 2.24) is 0 Å². The number of carboxylic acid groups (broad SMARTS) is 1. The molecular weight excluding hydrogens is 222 g/mol. The smallest absolute Gasteiger partial charge is 0.335 e. The molecule has 6 heteroatoms. The first kappa shape index (κ1) is 12.6. The van der Waals surface area contributed by atoms with Crippen LogP contribution in [0.25, 0.3) is 16.5 Å². The number of rotatable bonds is 5. The minimum Gasteiger partial charge on any atom is -0.497 e. The average molecular weight is 233 g/mol. The molecule has 0 radical (unpaired) electrons. The number of hydrogen-bond acceptors (Lipinski definition) is 3. The highest BCUT2D eigenvalue weighted by atomic mass is 16.5. The van der Waals surface area contributed by atoms with Crippen LogP contribution in [-0.2, 0) is 0 Å².